The van der Waals surface area contributed by atoms with Crippen LogP contribution < -0.4 is 5.32 Å². The summed E-state index contributed by atoms with van der Waals surface area (Å²) in [6.07, 6.45) is 0. The van der Waals surface area contributed by atoms with Crippen LogP contribution in [0.4, 0.5) is 5.69 Å². The van der Waals surface area contributed by atoms with Crippen LogP contribution in [0.3, 0.4) is 0 Å². The number of anilines is 1. The molecule has 2 aromatic carbocycles. The Morgan fingerprint density at radius 3 is 2.58 bits per heavy atom. The average Bonchev–Trinajstić information content (AvgIpc) is 2.91. The van der Waals surface area contributed by atoms with E-state index in [1.54, 1.807) is 0 Å². The Bertz CT molecular complexity index is 926. The highest BCUT2D eigenvalue weighted by Crippen LogP contribution is 2.18. The molecular formula is C18H17N3O2S. The van der Waals surface area contributed by atoms with Gasteiger partial charge in [-0.1, -0.05) is 35.9 Å². The Labute approximate surface area is 144 Å². The van der Waals surface area contributed by atoms with Crippen LogP contribution in [-0.2, 0) is 11.3 Å². The molecule has 1 amide bonds. The van der Waals surface area contributed by atoms with Crippen LogP contribution in [0.1, 0.15) is 11.1 Å². The molecule has 5 nitrogen and oxygen atoms in total. The summed E-state index contributed by atoms with van der Waals surface area (Å²) in [5.74, 6) is 0.202. The molecule has 0 saturated carbocycles. The maximum atomic E-state index is 12.2. The monoisotopic (exact) mass is 339 g/mol. The lowest BCUT2D eigenvalue weighted by Gasteiger charge is -2.07. The zero-order chi connectivity index (χ0) is 17.1. The molecule has 0 unspecified atom stereocenters. The first-order valence-corrected chi connectivity index (χ1v) is 7.94. The van der Waals surface area contributed by atoms with Crippen molar-refractivity contribution in [1.82, 2.24) is 9.78 Å². The third-order valence-corrected chi connectivity index (χ3v) is 3.91. The van der Waals surface area contributed by atoms with Crippen molar-refractivity contribution >= 4 is 23.8 Å². The lowest BCUT2D eigenvalue weighted by atomic mass is 10.1. The van der Waals surface area contributed by atoms with Gasteiger partial charge in [-0.3, -0.25) is 4.79 Å². The van der Waals surface area contributed by atoms with Crippen molar-refractivity contribution in [2.75, 3.05) is 5.32 Å². The maximum Gasteiger partial charge on any atom is 0.287 e. The Balaban J connectivity index is 1.76. The molecule has 3 rings (SSSR count). The number of benzene rings is 2. The molecule has 0 radical (unpaired) electrons. The predicted octanol–water partition coefficient (Wildman–Crippen LogP) is 4.13. The molecular weight excluding hydrogens is 322 g/mol. The Morgan fingerprint density at radius 1 is 1.17 bits per heavy atom. The standard InChI is InChI=1S/C18H17N3O2S/c1-12-7-9-14(10-8-12)17-20-21(18(24)23-17)11-16(22)19-15-6-4-3-5-13(15)2/h3-10H,11H2,1-2H3,(H,19,22). The number of para-hydroxylation sites is 1. The number of hydrogen-bond donors (Lipinski definition) is 1. The van der Waals surface area contributed by atoms with E-state index < -0.39 is 0 Å². The van der Waals surface area contributed by atoms with Gasteiger partial charge in [0.2, 0.25) is 11.8 Å². The summed E-state index contributed by atoms with van der Waals surface area (Å²) < 4.78 is 6.89. The zero-order valence-electron chi connectivity index (χ0n) is 13.4. The second-order valence-corrected chi connectivity index (χ2v) is 5.91. The number of hydrogen-bond acceptors (Lipinski definition) is 4. The number of rotatable bonds is 4. The van der Waals surface area contributed by atoms with Crippen LogP contribution in [-0.4, -0.2) is 15.7 Å². The van der Waals surface area contributed by atoms with Gasteiger partial charge in [0.05, 0.1) is 0 Å². The molecule has 3 aromatic rings. The number of aromatic nitrogens is 2. The summed E-state index contributed by atoms with van der Waals surface area (Å²) >= 11 is 5.16. The molecule has 0 atom stereocenters. The van der Waals surface area contributed by atoms with E-state index in [1.807, 2.05) is 62.4 Å². The average molecular weight is 339 g/mol. The third-order valence-electron chi connectivity index (χ3n) is 3.62. The first-order valence-electron chi connectivity index (χ1n) is 7.53. The summed E-state index contributed by atoms with van der Waals surface area (Å²) in [4.78, 5) is 12.4. The summed E-state index contributed by atoms with van der Waals surface area (Å²) in [5.41, 5.74) is 3.74. The summed E-state index contributed by atoms with van der Waals surface area (Å²) in [6.45, 7) is 3.95. The number of nitrogens with one attached hydrogen (secondary N) is 1. The normalized spacial score (nSPS) is 10.6. The van der Waals surface area contributed by atoms with E-state index in [9.17, 15) is 4.79 Å². The topological polar surface area (TPSA) is 60.1 Å². The largest absolute Gasteiger partial charge is 0.409 e. The van der Waals surface area contributed by atoms with E-state index in [0.717, 1.165) is 22.4 Å². The Morgan fingerprint density at radius 2 is 1.88 bits per heavy atom. The minimum Gasteiger partial charge on any atom is -0.409 e. The number of carbonyl (C=O) groups excluding carboxylic acids is 1. The molecule has 0 aliphatic carbocycles. The maximum absolute atomic E-state index is 12.2. The van der Waals surface area contributed by atoms with Gasteiger partial charge in [0, 0.05) is 11.3 Å². The fraction of sp³-hybridized carbons (Fsp3) is 0.167. The molecule has 1 N–H and O–H groups in total. The molecule has 0 aliphatic heterocycles. The van der Waals surface area contributed by atoms with E-state index in [0.29, 0.717) is 5.89 Å². The number of nitrogens with zero attached hydrogens (tertiary/aromatic N) is 2. The van der Waals surface area contributed by atoms with Gasteiger partial charge in [-0.25, -0.2) is 4.68 Å². The van der Waals surface area contributed by atoms with Crippen molar-refractivity contribution in [2.24, 2.45) is 0 Å². The molecule has 0 spiro atoms. The van der Waals surface area contributed by atoms with Crippen LogP contribution >= 0.6 is 12.2 Å². The molecule has 0 bridgehead atoms. The smallest absolute Gasteiger partial charge is 0.287 e. The lowest BCUT2D eigenvalue weighted by molar-refractivity contribution is -0.117. The fourth-order valence-electron chi connectivity index (χ4n) is 2.26. The molecule has 0 fully saturated rings. The van der Waals surface area contributed by atoms with Crippen molar-refractivity contribution in [3.05, 3.63) is 64.5 Å². The van der Waals surface area contributed by atoms with Gasteiger partial charge in [-0.15, -0.1) is 5.10 Å². The third kappa shape index (κ3) is 3.60. The fourth-order valence-corrected chi connectivity index (χ4v) is 2.44. The zero-order valence-corrected chi connectivity index (χ0v) is 14.3. The van der Waals surface area contributed by atoms with Crippen molar-refractivity contribution in [1.29, 1.82) is 0 Å². The summed E-state index contributed by atoms with van der Waals surface area (Å²) in [5, 5.41) is 7.15. The van der Waals surface area contributed by atoms with Crippen molar-refractivity contribution in [3.8, 4) is 11.5 Å². The van der Waals surface area contributed by atoms with Gasteiger partial charge in [0.15, 0.2) is 0 Å². The van der Waals surface area contributed by atoms with Gasteiger partial charge in [-0.2, -0.15) is 0 Å². The van der Waals surface area contributed by atoms with Gasteiger partial charge in [0.25, 0.3) is 4.84 Å². The van der Waals surface area contributed by atoms with Gasteiger partial charge in [0.1, 0.15) is 6.54 Å². The summed E-state index contributed by atoms with van der Waals surface area (Å²) in [7, 11) is 0. The molecule has 122 valence electrons. The summed E-state index contributed by atoms with van der Waals surface area (Å²) in [6, 6.07) is 15.4. The number of carbonyl (C=O) groups is 1. The minimum absolute atomic E-state index is 0.00251. The first kappa shape index (κ1) is 16.1. The molecule has 24 heavy (non-hydrogen) atoms. The molecule has 0 saturated heterocycles. The van der Waals surface area contributed by atoms with Crippen LogP contribution in [0.25, 0.3) is 11.5 Å². The molecule has 6 heteroatoms. The first-order chi connectivity index (χ1) is 11.5. The molecule has 1 heterocycles. The van der Waals surface area contributed by atoms with Crippen molar-refractivity contribution in [2.45, 2.75) is 20.4 Å². The Kier molecular flexibility index (Phi) is 4.57. The van der Waals surface area contributed by atoms with E-state index in [4.69, 9.17) is 16.6 Å². The number of amides is 1. The van der Waals surface area contributed by atoms with Crippen LogP contribution in [0.5, 0.6) is 0 Å². The highest BCUT2D eigenvalue weighted by atomic mass is 32.1. The second kappa shape index (κ2) is 6.80. The highest BCUT2D eigenvalue weighted by molar-refractivity contribution is 7.71. The van der Waals surface area contributed by atoms with Gasteiger partial charge < -0.3 is 9.73 Å². The van der Waals surface area contributed by atoms with Crippen molar-refractivity contribution < 1.29 is 9.21 Å². The molecule has 0 aliphatic rings. The SMILES string of the molecule is Cc1ccc(-c2nn(CC(=O)Nc3ccccc3C)c(=S)o2)cc1. The lowest BCUT2D eigenvalue weighted by Crippen LogP contribution is -2.20. The van der Waals surface area contributed by atoms with Crippen molar-refractivity contribution in [3.63, 3.8) is 0 Å². The Hall–Kier alpha value is -2.73. The van der Waals surface area contributed by atoms with E-state index >= 15 is 0 Å². The molecule has 1 aromatic heterocycles. The van der Waals surface area contributed by atoms with Gasteiger partial charge >= 0.3 is 0 Å². The highest BCUT2D eigenvalue weighted by Gasteiger charge is 2.12. The minimum atomic E-state index is -0.204. The van der Waals surface area contributed by atoms with Crippen LogP contribution in [0.2, 0.25) is 0 Å². The van der Waals surface area contributed by atoms with E-state index in [2.05, 4.69) is 10.4 Å². The van der Waals surface area contributed by atoms with E-state index in [-0.39, 0.29) is 17.3 Å². The van der Waals surface area contributed by atoms with Crippen LogP contribution in [0.15, 0.2) is 52.9 Å². The van der Waals surface area contributed by atoms with Gasteiger partial charge in [-0.05, 0) is 49.8 Å². The van der Waals surface area contributed by atoms with E-state index in [1.165, 1.54) is 4.68 Å². The number of aryl methyl sites for hydroxylation is 2. The second-order valence-electron chi connectivity index (χ2n) is 5.56. The van der Waals surface area contributed by atoms with Crippen LogP contribution in [0, 0.1) is 18.7 Å². The quantitative estimate of drug-likeness (QED) is 0.726. The predicted molar refractivity (Wildman–Crippen MR) is 95.3 cm³/mol.